The first-order valence-electron chi connectivity index (χ1n) is 5.50. The van der Waals surface area contributed by atoms with Gasteiger partial charge in [-0.2, -0.15) is 13.2 Å². The molecule has 0 bridgehead atoms. The molecule has 0 atom stereocenters. The predicted octanol–water partition coefficient (Wildman–Crippen LogP) is 3.63. The maximum atomic E-state index is 11.9. The van der Waals surface area contributed by atoms with E-state index in [9.17, 15) is 13.2 Å². The number of rotatable bonds is 6. The van der Waals surface area contributed by atoms with E-state index in [-0.39, 0.29) is 6.42 Å². The summed E-state index contributed by atoms with van der Waals surface area (Å²) in [7, 11) is 0. The van der Waals surface area contributed by atoms with Gasteiger partial charge in [0.1, 0.15) is 0 Å². The zero-order chi connectivity index (χ0) is 12.7. The Hall–Kier alpha value is -1.29. The van der Waals surface area contributed by atoms with Crippen LogP contribution in [0.4, 0.5) is 13.2 Å². The molecule has 94 valence electrons. The minimum atomic E-state index is -4.06. The molecule has 4 heteroatoms. The second-order valence-electron chi connectivity index (χ2n) is 3.87. The zero-order valence-electron chi connectivity index (χ0n) is 9.56. The van der Waals surface area contributed by atoms with Gasteiger partial charge in [0.2, 0.25) is 0 Å². The fraction of sp³-hybridized carbons (Fsp3) is 0.385. The molecule has 0 unspecified atom stereocenters. The van der Waals surface area contributed by atoms with E-state index in [0.717, 1.165) is 11.1 Å². The SMILES string of the molecule is C=C(CNCCCC(F)(F)F)c1ccccc1. The third kappa shape index (κ3) is 6.12. The Labute approximate surface area is 99.3 Å². The second-order valence-corrected chi connectivity index (χ2v) is 3.87. The topological polar surface area (TPSA) is 12.0 Å². The van der Waals surface area contributed by atoms with Crippen molar-refractivity contribution in [2.45, 2.75) is 19.0 Å². The Kier molecular flexibility index (Phi) is 5.22. The largest absolute Gasteiger partial charge is 0.389 e. The summed E-state index contributed by atoms with van der Waals surface area (Å²) < 4.78 is 35.6. The van der Waals surface area contributed by atoms with Gasteiger partial charge in [-0.25, -0.2) is 0 Å². The summed E-state index contributed by atoms with van der Waals surface area (Å²) in [5, 5.41) is 2.96. The van der Waals surface area contributed by atoms with Gasteiger partial charge in [-0.3, -0.25) is 0 Å². The molecule has 0 aliphatic carbocycles. The van der Waals surface area contributed by atoms with Gasteiger partial charge in [-0.05, 0) is 24.1 Å². The highest BCUT2D eigenvalue weighted by Gasteiger charge is 2.25. The first kappa shape index (κ1) is 13.8. The van der Waals surface area contributed by atoms with Crippen molar-refractivity contribution in [2.75, 3.05) is 13.1 Å². The van der Waals surface area contributed by atoms with Crippen LogP contribution in [0.5, 0.6) is 0 Å². The van der Waals surface area contributed by atoms with Gasteiger partial charge in [-0.15, -0.1) is 0 Å². The van der Waals surface area contributed by atoms with Gasteiger partial charge in [0, 0.05) is 13.0 Å². The molecule has 17 heavy (non-hydrogen) atoms. The monoisotopic (exact) mass is 243 g/mol. The van der Waals surface area contributed by atoms with Crippen molar-refractivity contribution in [1.82, 2.24) is 5.32 Å². The Balaban J connectivity index is 2.18. The van der Waals surface area contributed by atoms with Crippen LogP contribution < -0.4 is 5.32 Å². The van der Waals surface area contributed by atoms with Gasteiger partial charge < -0.3 is 5.32 Å². The Morgan fingerprint density at radius 1 is 1.18 bits per heavy atom. The van der Waals surface area contributed by atoms with E-state index in [1.165, 1.54) is 0 Å². The van der Waals surface area contributed by atoms with Gasteiger partial charge in [0.15, 0.2) is 0 Å². The van der Waals surface area contributed by atoms with E-state index in [4.69, 9.17) is 0 Å². The molecule has 0 saturated carbocycles. The van der Waals surface area contributed by atoms with Crippen LogP contribution >= 0.6 is 0 Å². The number of benzene rings is 1. The zero-order valence-corrected chi connectivity index (χ0v) is 9.56. The van der Waals surface area contributed by atoms with E-state index in [2.05, 4.69) is 11.9 Å². The highest BCUT2D eigenvalue weighted by molar-refractivity contribution is 5.64. The molecule has 0 spiro atoms. The number of nitrogens with one attached hydrogen (secondary N) is 1. The number of hydrogen-bond acceptors (Lipinski definition) is 1. The maximum absolute atomic E-state index is 11.9. The molecule has 0 fully saturated rings. The van der Waals surface area contributed by atoms with Crippen LogP contribution in [0, 0.1) is 0 Å². The molecule has 0 heterocycles. The van der Waals surface area contributed by atoms with E-state index < -0.39 is 12.6 Å². The van der Waals surface area contributed by atoms with Crippen molar-refractivity contribution in [3.63, 3.8) is 0 Å². The summed E-state index contributed by atoms with van der Waals surface area (Å²) in [5.74, 6) is 0. The van der Waals surface area contributed by atoms with Crippen molar-refractivity contribution in [1.29, 1.82) is 0 Å². The third-order valence-corrected chi connectivity index (χ3v) is 2.33. The summed E-state index contributed by atoms with van der Waals surface area (Å²) in [6, 6.07) is 9.58. The molecule has 0 saturated heterocycles. The maximum Gasteiger partial charge on any atom is 0.389 e. The summed E-state index contributed by atoms with van der Waals surface area (Å²) in [6.45, 7) is 4.75. The summed E-state index contributed by atoms with van der Waals surface area (Å²) in [4.78, 5) is 0. The van der Waals surface area contributed by atoms with Crippen molar-refractivity contribution in [3.05, 3.63) is 42.5 Å². The third-order valence-electron chi connectivity index (χ3n) is 2.33. The average molecular weight is 243 g/mol. The molecular weight excluding hydrogens is 227 g/mol. The van der Waals surface area contributed by atoms with Crippen LogP contribution in [-0.2, 0) is 0 Å². The first-order chi connectivity index (χ1) is 7.99. The molecule has 1 aromatic carbocycles. The molecule has 1 rings (SSSR count). The predicted molar refractivity (Wildman–Crippen MR) is 63.6 cm³/mol. The molecular formula is C13H16F3N. The lowest BCUT2D eigenvalue weighted by atomic mass is 10.1. The van der Waals surface area contributed by atoms with Crippen LogP contribution in [0.3, 0.4) is 0 Å². The standard InChI is InChI=1S/C13H16F3N/c1-11(12-6-3-2-4-7-12)10-17-9-5-8-13(14,15)16/h2-4,6-7,17H,1,5,8-10H2. The van der Waals surface area contributed by atoms with Crippen LogP contribution in [0.1, 0.15) is 18.4 Å². The van der Waals surface area contributed by atoms with E-state index in [1.54, 1.807) is 0 Å². The van der Waals surface area contributed by atoms with Gasteiger partial charge in [0.25, 0.3) is 0 Å². The van der Waals surface area contributed by atoms with Crippen LogP contribution in [0.2, 0.25) is 0 Å². The normalized spacial score (nSPS) is 11.5. The minimum absolute atomic E-state index is 0.103. The lowest BCUT2D eigenvalue weighted by Gasteiger charge is -2.09. The molecule has 0 aliphatic heterocycles. The Morgan fingerprint density at radius 2 is 1.82 bits per heavy atom. The number of halogens is 3. The van der Waals surface area contributed by atoms with Crippen molar-refractivity contribution >= 4 is 5.57 Å². The van der Waals surface area contributed by atoms with Gasteiger partial charge in [0.05, 0.1) is 0 Å². The van der Waals surface area contributed by atoms with Crippen LogP contribution in [0.25, 0.3) is 5.57 Å². The lowest BCUT2D eigenvalue weighted by molar-refractivity contribution is -0.135. The summed E-state index contributed by atoms with van der Waals surface area (Å²) in [5.41, 5.74) is 1.90. The molecule has 0 aliphatic rings. The summed E-state index contributed by atoms with van der Waals surface area (Å²) in [6.07, 6.45) is -4.69. The smallest absolute Gasteiger partial charge is 0.313 e. The average Bonchev–Trinajstić information content (AvgIpc) is 2.28. The highest BCUT2D eigenvalue weighted by atomic mass is 19.4. The van der Waals surface area contributed by atoms with Crippen molar-refractivity contribution in [3.8, 4) is 0 Å². The molecule has 0 amide bonds. The Morgan fingerprint density at radius 3 is 2.41 bits per heavy atom. The van der Waals surface area contributed by atoms with E-state index >= 15 is 0 Å². The molecule has 0 radical (unpaired) electrons. The van der Waals surface area contributed by atoms with E-state index in [1.807, 2.05) is 30.3 Å². The number of hydrogen-bond donors (Lipinski definition) is 1. The number of alkyl halides is 3. The van der Waals surface area contributed by atoms with Gasteiger partial charge >= 0.3 is 6.18 Å². The molecule has 0 aromatic heterocycles. The van der Waals surface area contributed by atoms with E-state index in [0.29, 0.717) is 13.1 Å². The summed E-state index contributed by atoms with van der Waals surface area (Å²) >= 11 is 0. The van der Waals surface area contributed by atoms with Crippen LogP contribution in [0.15, 0.2) is 36.9 Å². The second kappa shape index (κ2) is 6.45. The van der Waals surface area contributed by atoms with Crippen LogP contribution in [-0.4, -0.2) is 19.3 Å². The molecule has 1 N–H and O–H groups in total. The minimum Gasteiger partial charge on any atom is -0.313 e. The quantitative estimate of drug-likeness (QED) is 0.752. The molecule has 1 aromatic rings. The van der Waals surface area contributed by atoms with Crippen molar-refractivity contribution in [2.24, 2.45) is 0 Å². The fourth-order valence-electron chi connectivity index (χ4n) is 1.43. The fourth-order valence-corrected chi connectivity index (χ4v) is 1.43. The van der Waals surface area contributed by atoms with Crippen molar-refractivity contribution < 1.29 is 13.2 Å². The Bertz CT molecular complexity index is 343. The molecule has 1 nitrogen and oxygen atoms in total. The highest BCUT2D eigenvalue weighted by Crippen LogP contribution is 2.20. The first-order valence-corrected chi connectivity index (χ1v) is 5.50. The lowest BCUT2D eigenvalue weighted by Crippen LogP contribution is -2.19. The van der Waals surface area contributed by atoms with Gasteiger partial charge in [-0.1, -0.05) is 36.9 Å².